The van der Waals surface area contributed by atoms with E-state index < -0.39 is 9.84 Å². The van der Waals surface area contributed by atoms with Crippen molar-refractivity contribution in [2.24, 2.45) is 29.6 Å². The van der Waals surface area contributed by atoms with Crippen molar-refractivity contribution in [1.29, 1.82) is 0 Å². The highest BCUT2D eigenvalue weighted by atomic mass is 127. The summed E-state index contributed by atoms with van der Waals surface area (Å²) in [6.45, 7) is 18.1. The first-order valence-electron chi connectivity index (χ1n) is 17.4. The number of hydrogen-bond acceptors (Lipinski definition) is 5. The van der Waals surface area contributed by atoms with Crippen LogP contribution in [0.1, 0.15) is 106 Å². The minimum absolute atomic E-state index is 0.0371. The van der Waals surface area contributed by atoms with Crippen LogP contribution in [0.4, 0.5) is 0 Å². The Hall–Kier alpha value is -0.480. The summed E-state index contributed by atoms with van der Waals surface area (Å²) in [6.07, 6.45) is 11.3. The van der Waals surface area contributed by atoms with Gasteiger partial charge < -0.3 is 14.2 Å². The van der Waals surface area contributed by atoms with Gasteiger partial charge in [0.25, 0.3) is 0 Å². The molecule has 3 unspecified atom stereocenters. The Morgan fingerprint density at radius 3 is 2.36 bits per heavy atom. The van der Waals surface area contributed by atoms with Crippen molar-refractivity contribution >= 4 is 32.4 Å². The number of rotatable bonds is 16. The molecule has 5 nitrogen and oxygen atoms in total. The standard InChI is InChI=1S/C37H59IO5S/c1-8-10-14-31-22-37(24-38)36(41-31)18-17-30(43-37)20-26(4)28(6)27(5)21-35-33(29(7)34(42-35)19-25(3)9-2)23-44(39,40)32-15-12-11-13-16-32/h11-13,15-16,25-27,29-31,33-36H,6,8-10,14,17-24H2,1-5,7H3/t25?,26-,27-,29-,30?,31+,33-,34?,35+,36+,37-/m1/s1. The summed E-state index contributed by atoms with van der Waals surface area (Å²) in [4.78, 5) is 0.408. The molecule has 11 atom stereocenters. The summed E-state index contributed by atoms with van der Waals surface area (Å²) in [5.41, 5.74) is 1.08. The Labute approximate surface area is 282 Å². The van der Waals surface area contributed by atoms with Gasteiger partial charge in [0.05, 0.1) is 41.2 Å². The van der Waals surface area contributed by atoms with Crippen molar-refractivity contribution in [2.45, 2.75) is 147 Å². The number of allylic oxidation sites excluding steroid dienone is 1. The SMILES string of the molecule is C=C([C@H](C)CC1CC[C@@H]2O[C@@H](CCCC)C[C@]2(CI)O1)[C@H](C)C[C@@H]1OC(CC(C)CC)[C@H](C)[C@H]1CS(=O)(=O)c1ccccc1. The number of hydrogen-bond donors (Lipinski definition) is 0. The first-order chi connectivity index (χ1) is 20.9. The lowest BCUT2D eigenvalue weighted by Gasteiger charge is -2.42. The van der Waals surface area contributed by atoms with Crippen LogP contribution in [-0.4, -0.2) is 54.7 Å². The minimum Gasteiger partial charge on any atom is -0.374 e. The largest absolute Gasteiger partial charge is 0.374 e. The smallest absolute Gasteiger partial charge is 0.178 e. The van der Waals surface area contributed by atoms with E-state index in [2.05, 4.69) is 70.7 Å². The molecule has 3 heterocycles. The van der Waals surface area contributed by atoms with E-state index in [1.165, 1.54) is 18.4 Å². The van der Waals surface area contributed by atoms with Crippen LogP contribution in [0.2, 0.25) is 0 Å². The van der Waals surface area contributed by atoms with E-state index >= 15 is 0 Å². The highest BCUT2D eigenvalue weighted by Gasteiger charge is 2.52. The molecule has 0 spiro atoms. The number of fused-ring (bicyclic) bond motifs is 1. The first kappa shape index (κ1) is 36.4. The highest BCUT2D eigenvalue weighted by Crippen LogP contribution is 2.46. The van der Waals surface area contributed by atoms with E-state index in [0.29, 0.717) is 22.8 Å². The molecule has 44 heavy (non-hydrogen) atoms. The number of benzene rings is 1. The number of ether oxygens (including phenoxy) is 3. The van der Waals surface area contributed by atoms with Crippen LogP contribution in [0.15, 0.2) is 47.4 Å². The second-order valence-corrected chi connectivity index (χ2v) is 17.3. The maximum absolute atomic E-state index is 13.5. The van der Waals surface area contributed by atoms with Gasteiger partial charge in [0.15, 0.2) is 9.84 Å². The lowest BCUT2D eigenvalue weighted by atomic mass is 9.79. The van der Waals surface area contributed by atoms with Crippen molar-refractivity contribution < 1.29 is 22.6 Å². The molecule has 3 fully saturated rings. The fraction of sp³-hybridized carbons (Fsp3) is 0.784. The number of unbranched alkanes of at least 4 members (excludes halogenated alkanes) is 1. The van der Waals surface area contributed by atoms with Crippen molar-refractivity contribution in [3.8, 4) is 0 Å². The van der Waals surface area contributed by atoms with Gasteiger partial charge in [-0.3, -0.25) is 0 Å². The summed E-state index contributed by atoms with van der Waals surface area (Å²) in [5, 5.41) is 0. The summed E-state index contributed by atoms with van der Waals surface area (Å²) >= 11 is 2.51. The second-order valence-electron chi connectivity index (χ2n) is 14.5. The third kappa shape index (κ3) is 8.70. The molecule has 3 saturated heterocycles. The molecule has 250 valence electrons. The first-order valence-corrected chi connectivity index (χ1v) is 20.6. The van der Waals surface area contributed by atoms with Gasteiger partial charge in [-0.1, -0.05) is 114 Å². The molecule has 7 heteroatoms. The fourth-order valence-corrected chi connectivity index (χ4v) is 10.7. The molecule has 0 aliphatic carbocycles. The van der Waals surface area contributed by atoms with E-state index in [0.717, 1.165) is 55.8 Å². The molecule has 4 rings (SSSR count). The van der Waals surface area contributed by atoms with Crippen molar-refractivity contribution in [3.63, 3.8) is 0 Å². The Morgan fingerprint density at radius 1 is 1.00 bits per heavy atom. The zero-order valence-corrected chi connectivity index (χ0v) is 31.2. The van der Waals surface area contributed by atoms with Gasteiger partial charge in [-0.05, 0) is 74.3 Å². The average molecular weight is 743 g/mol. The Balaban J connectivity index is 1.40. The Morgan fingerprint density at radius 2 is 1.70 bits per heavy atom. The highest BCUT2D eigenvalue weighted by molar-refractivity contribution is 14.1. The van der Waals surface area contributed by atoms with Crippen LogP contribution >= 0.6 is 22.6 Å². The molecule has 1 aromatic rings. The zero-order valence-electron chi connectivity index (χ0n) is 28.2. The van der Waals surface area contributed by atoms with Gasteiger partial charge in [-0.25, -0.2) is 8.42 Å². The van der Waals surface area contributed by atoms with E-state index in [1.807, 2.05) is 6.07 Å². The topological polar surface area (TPSA) is 61.8 Å². The normalized spacial score (nSPS) is 34.4. The minimum atomic E-state index is -3.41. The average Bonchev–Trinajstić information content (AvgIpc) is 3.52. The molecule has 3 aliphatic heterocycles. The summed E-state index contributed by atoms with van der Waals surface area (Å²) in [6, 6.07) is 8.91. The van der Waals surface area contributed by atoms with Crippen LogP contribution in [0.5, 0.6) is 0 Å². The third-order valence-corrected chi connectivity index (χ3v) is 14.3. The maximum Gasteiger partial charge on any atom is 0.178 e. The van der Waals surface area contributed by atoms with E-state index in [1.54, 1.807) is 24.3 Å². The predicted molar refractivity (Wildman–Crippen MR) is 189 cm³/mol. The van der Waals surface area contributed by atoms with Gasteiger partial charge in [-0.2, -0.15) is 0 Å². The fourth-order valence-electron chi connectivity index (χ4n) is 7.94. The van der Waals surface area contributed by atoms with Gasteiger partial charge in [0.1, 0.15) is 5.60 Å². The van der Waals surface area contributed by atoms with Gasteiger partial charge in [0, 0.05) is 16.8 Å². The van der Waals surface area contributed by atoms with E-state index in [9.17, 15) is 8.42 Å². The predicted octanol–water partition coefficient (Wildman–Crippen LogP) is 9.23. The quantitative estimate of drug-likeness (QED) is 0.0961. The molecular formula is C37H59IO5S. The van der Waals surface area contributed by atoms with Crippen molar-refractivity contribution in [3.05, 3.63) is 42.5 Å². The molecular weight excluding hydrogens is 683 g/mol. The number of halogens is 1. The Kier molecular flexibility index (Phi) is 13.3. The maximum atomic E-state index is 13.5. The van der Waals surface area contributed by atoms with Gasteiger partial charge >= 0.3 is 0 Å². The van der Waals surface area contributed by atoms with Gasteiger partial charge in [-0.15, -0.1) is 0 Å². The molecule has 1 aromatic carbocycles. The van der Waals surface area contributed by atoms with Crippen LogP contribution < -0.4 is 0 Å². The molecule has 3 aliphatic rings. The molecule has 0 bridgehead atoms. The number of alkyl halides is 1. The van der Waals surface area contributed by atoms with Crippen LogP contribution in [0.25, 0.3) is 0 Å². The summed E-state index contributed by atoms with van der Waals surface area (Å²) in [7, 11) is -3.41. The summed E-state index contributed by atoms with van der Waals surface area (Å²) < 4.78 is 48.2. The monoisotopic (exact) mass is 742 g/mol. The molecule has 0 aromatic heterocycles. The van der Waals surface area contributed by atoms with Crippen molar-refractivity contribution in [1.82, 2.24) is 0 Å². The number of sulfone groups is 1. The van der Waals surface area contributed by atoms with Crippen LogP contribution in [0.3, 0.4) is 0 Å². The van der Waals surface area contributed by atoms with Crippen LogP contribution in [0, 0.1) is 29.6 Å². The van der Waals surface area contributed by atoms with Gasteiger partial charge in [0.2, 0.25) is 0 Å². The second kappa shape index (κ2) is 16.1. The van der Waals surface area contributed by atoms with E-state index in [4.69, 9.17) is 14.2 Å². The molecule has 0 saturated carbocycles. The Bertz CT molecular complexity index is 1160. The third-order valence-electron chi connectivity index (χ3n) is 11.2. The lowest BCUT2D eigenvalue weighted by molar-refractivity contribution is -0.155. The van der Waals surface area contributed by atoms with Crippen molar-refractivity contribution in [2.75, 3.05) is 10.2 Å². The summed E-state index contributed by atoms with van der Waals surface area (Å²) in [5.74, 6) is 1.38. The van der Waals surface area contributed by atoms with Crippen LogP contribution in [-0.2, 0) is 24.0 Å². The zero-order chi connectivity index (χ0) is 32.1. The molecule has 0 amide bonds. The lowest BCUT2D eigenvalue weighted by Crippen LogP contribution is -2.50. The molecule has 0 radical (unpaired) electrons. The molecule has 0 N–H and O–H groups in total. The van der Waals surface area contributed by atoms with E-state index in [-0.39, 0.29) is 53.5 Å².